The molecule has 3 aromatic carbocycles. The van der Waals surface area contributed by atoms with E-state index in [9.17, 15) is 4.79 Å². The van der Waals surface area contributed by atoms with Crippen molar-refractivity contribution in [2.75, 3.05) is 21.3 Å². The highest BCUT2D eigenvalue weighted by Gasteiger charge is 2.03. The minimum Gasteiger partial charge on any atom is -0.497 e. The molecule has 0 heterocycles. The van der Waals surface area contributed by atoms with Crippen LogP contribution in [0.4, 0.5) is 0 Å². The van der Waals surface area contributed by atoms with Gasteiger partial charge >= 0.3 is 5.97 Å². The first-order valence-corrected chi connectivity index (χ1v) is 9.62. The Bertz CT molecular complexity index is 1280. The summed E-state index contributed by atoms with van der Waals surface area (Å²) in [5.74, 6) is 16.0. The standard InChI is InChI=1S/C28H20O4/c1-5-20-14-22(7-6-21-10-12-25(13-11-21)28(29)32-4)16-23(15-20)8-9-24-17-26(30-2)19-27(18-24)31-3/h1,10-19H,2-4H3. The zero-order valence-corrected chi connectivity index (χ0v) is 18.0. The minimum atomic E-state index is -0.386. The van der Waals surface area contributed by atoms with Gasteiger partial charge in [0.15, 0.2) is 0 Å². The molecule has 0 radical (unpaired) electrons. The molecule has 32 heavy (non-hydrogen) atoms. The van der Waals surface area contributed by atoms with E-state index in [4.69, 9.17) is 20.6 Å². The highest BCUT2D eigenvalue weighted by Crippen LogP contribution is 2.22. The fraction of sp³-hybridized carbons (Fsp3) is 0.107. The first-order chi connectivity index (χ1) is 15.5. The zero-order valence-electron chi connectivity index (χ0n) is 18.0. The maximum Gasteiger partial charge on any atom is 0.337 e. The Hall–Kier alpha value is -4.59. The largest absolute Gasteiger partial charge is 0.497 e. The fourth-order valence-electron chi connectivity index (χ4n) is 2.83. The molecular formula is C28H20O4. The third-order valence-corrected chi connectivity index (χ3v) is 4.46. The van der Waals surface area contributed by atoms with Crippen molar-refractivity contribution in [1.29, 1.82) is 0 Å². The lowest BCUT2D eigenvalue weighted by molar-refractivity contribution is 0.0600. The third-order valence-electron chi connectivity index (χ3n) is 4.46. The number of benzene rings is 3. The van der Waals surface area contributed by atoms with E-state index in [-0.39, 0.29) is 5.97 Å². The average Bonchev–Trinajstić information content (AvgIpc) is 2.85. The number of rotatable bonds is 3. The van der Waals surface area contributed by atoms with Crippen LogP contribution in [0.25, 0.3) is 0 Å². The first kappa shape index (κ1) is 22.1. The van der Waals surface area contributed by atoms with Crippen LogP contribution in [0.1, 0.15) is 38.2 Å². The molecule has 0 aliphatic rings. The van der Waals surface area contributed by atoms with Gasteiger partial charge in [0.2, 0.25) is 0 Å². The van der Waals surface area contributed by atoms with E-state index in [2.05, 4.69) is 29.6 Å². The highest BCUT2D eigenvalue weighted by atomic mass is 16.5. The van der Waals surface area contributed by atoms with Crippen molar-refractivity contribution in [3.8, 4) is 47.5 Å². The van der Waals surface area contributed by atoms with Gasteiger partial charge in [0.05, 0.1) is 26.9 Å². The summed E-state index contributed by atoms with van der Waals surface area (Å²) >= 11 is 0. The van der Waals surface area contributed by atoms with Crippen LogP contribution in [0.5, 0.6) is 11.5 Å². The van der Waals surface area contributed by atoms with Gasteiger partial charge in [-0.2, -0.15) is 0 Å². The van der Waals surface area contributed by atoms with Crippen molar-refractivity contribution in [2.24, 2.45) is 0 Å². The monoisotopic (exact) mass is 420 g/mol. The van der Waals surface area contributed by atoms with Gasteiger partial charge in [0.25, 0.3) is 0 Å². The van der Waals surface area contributed by atoms with Crippen molar-refractivity contribution >= 4 is 5.97 Å². The lowest BCUT2D eigenvalue weighted by Crippen LogP contribution is -2.00. The summed E-state index contributed by atoms with van der Waals surface area (Å²) in [6.45, 7) is 0. The summed E-state index contributed by atoms with van der Waals surface area (Å²) in [7, 11) is 4.53. The van der Waals surface area contributed by atoms with Crippen molar-refractivity contribution < 1.29 is 19.0 Å². The van der Waals surface area contributed by atoms with Crippen molar-refractivity contribution in [3.63, 3.8) is 0 Å². The number of esters is 1. The number of ether oxygens (including phenoxy) is 3. The van der Waals surface area contributed by atoms with Gasteiger partial charge in [-0.05, 0) is 54.6 Å². The smallest absolute Gasteiger partial charge is 0.337 e. The van der Waals surface area contributed by atoms with E-state index in [0.717, 1.165) is 22.3 Å². The van der Waals surface area contributed by atoms with Crippen LogP contribution < -0.4 is 9.47 Å². The number of terminal acetylenes is 1. The minimum absolute atomic E-state index is 0.386. The second kappa shape index (κ2) is 10.4. The Balaban J connectivity index is 1.90. The molecule has 0 aromatic heterocycles. The molecule has 3 aromatic rings. The van der Waals surface area contributed by atoms with Gasteiger partial charge in [-0.1, -0.05) is 29.6 Å². The molecule has 0 saturated carbocycles. The van der Waals surface area contributed by atoms with E-state index in [0.29, 0.717) is 22.6 Å². The number of carbonyl (C=O) groups is 1. The summed E-state index contributed by atoms with van der Waals surface area (Å²) in [5.41, 5.74) is 4.16. The summed E-state index contributed by atoms with van der Waals surface area (Å²) in [6, 6.07) is 17.9. The Morgan fingerprint density at radius 3 is 1.59 bits per heavy atom. The van der Waals surface area contributed by atoms with Crippen molar-refractivity contribution in [1.82, 2.24) is 0 Å². The predicted molar refractivity (Wildman–Crippen MR) is 124 cm³/mol. The number of methoxy groups -OCH3 is 3. The molecule has 4 nitrogen and oxygen atoms in total. The molecule has 0 spiro atoms. The summed E-state index contributed by atoms with van der Waals surface area (Å²) in [5, 5.41) is 0. The van der Waals surface area contributed by atoms with E-state index in [1.165, 1.54) is 7.11 Å². The summed E-state index contributed by atoms with van der Waals surface area (Å²) in [6.07, 6.45) is 5.61. The lowest BCUT2D eigenvalue weighted by atomic mass is 10.0. The van der Waals surface area contributed by atoms with Crippen molar-refractivity contribution in [3.05, 3.63) is 94.0 Å². The molecule has 4 heteroatoms. The number of hydrogen-bond donors (Lipinski definition) is 0. The van der Waals surface area contributed by atoms with Crippen LogP contribution in [0, 0.1) is 36.0 Å². The molecule has 0 unspecified atom stereocenters. The maximum atomic E-state index is 11.5. The topological polar surface area (TPSA) is 44.8 Å². The van der Waals surface area contributed by atoms with Gasteiger partial charge in [-0.15, -0.1) is 6.42 Å². The van der Waals surface area contributed by atoms with Crippen LogP contribution in [-0.4, -0.2) is 27.3 Å². The molecule has 0 saturated heterocycles. The second-order valence-corrected chi connectivity index (χ2v) is 6.61. The van der Waals surface area contributed by atoms with Gasteiger partial charge in [0.1, 0.15) is 11.5 Å². The van der Waals surface area contributed by atoms with E-state index < -0.39 is 0 Å². The first-order valence-electron chi connectivity index (χ1n) is 9.62. The Morgan fingerprint density at radius 2 is 1.12 bits per heavy atom. The summed E-state index contributed by atoms with van der Waals surface area (Å²) in [4.78, 5) is 11.5. The van der Waals surface area contributed by atoms with E-state index in [1.54, 1.807) is 44.6 Å². The zero-order chi connectivity index (χ0) is 22.9. The molecule has 0 aliphatic heterocycles. The number of hydrogen-bond acceptors (Lipinski definition) is 4. The summed E-state index contributed by atoms with van der Waals surface area (Å²) < 4.78 is 15.3. The van der Waals surface area contributed by atoms with Gasteiger partial charge in [-0.3, -0.25) is 0 Å². The third kappa shape index (κ3) is 5.73. The molecule has 0 aliphatic carbocycles. The second-order valence-electron chi connectivity index (χ2n) is 6.61. The molecule has 0 atom stereocenters. The van der Waals surface area contributed by atoms with Gasteiger partial charge in [0, 0.05) is 33.9 Å². The van der Waals surface area contributed by atoms with Crippen LogP contribution >= 0.6 is 0 Å². The Morgan fingerprint density at radius 1 is 0.656 bits per heavy atom. The van der Waals surface area contributed by atoms with Crippen LogP contribution in [0.2, 0.25) is 0 Å². The van der Waals surface area contributed by atoms with Crippen LogP contribution in [0.3, 0.4) is 0 Å². The molecule has 0 fully saturated rings. The molecule has 156 valence electrons. The Labute approximate surface area is 188 Å². The quantitative estimate of drug-likeness (QED) is 0.469. The molecule has 0 amide bonds. The van der Waals surface area contributed by atoms with Crippen molar-refractivity contribution in [2.45, 2.75) is 0 Å². The lowest BCUT2D eigenvalue weighted by Gasteiger charge is -2.04. The molecule has 0 N–H and O–H groups in total. The van der Waals surface area contributed by atoms with Crippen LogP contribution in [-0.2, 0) is 4.74 Å². The highest BCUT2D eigenvalue weighted by molar-refractivity contribution is 5.89. The average molecular weight is 420 g/mol. The van der Waals surface area contributed by atoms with E-state index in [1.807, 2.05) is 30.3 Å². The fourth-order valence-corrected chi connectivity index (χ4v) is 2.83. The van der Waals surface area contributed by atoms with Crippen LogP contribution in [0.15, 0.2) is 60.7 Å². The predicted octanol–water partition coefficient (Wildman–Crippen LogP) is 4.27. The normalized spacial score (nSPS) is 9.31. The van der Waals surface area contributed by atoms with Gasteiger partial charge < -0.3 is 14.2 Å². The molecule has 0 bridgehead atoms. The molecule has 3 rings (SSSR count). The SMILES string of the molecule is C#Cc1cc(C#Cc2ccc(C(=O)OC)cc2)cc(C#Cc2cc(OC)cc(OC)c2)c1. The maximum absolute atomic E-state index is 11.5. The molecular weight excluding hydrogens is 400 g/mol. The number of carbonyl (C=O) groups excluding carboxylic acids is 1. The Kier molecular flexibility index (Phi) is 7.21. The van der Waals surface area contributed by atoms with Gasteiger partial charge in [-0.25, -0.2) is 4.79 Å². The van der Waals surface area contributed by atoms with E-state index >= 15 is 0 Å².